The van der Waals surface area contributed by atoms with Gasteiger partial charge >= 0.3 is 0 Å². The molecular formula is C14H18FN3. The Bertz CT molecular complexity index is 552. The van der Waals surface area contributed by atoms with E-state index < -0.39 is 5.82 Å². The van der Waals surface area contributed by atoms with Crippen LogP contribution in [0.2, 0.25) is 0 Å². The first-order valence-corrected chi connectivity index (χ1v) is 5.93. The number of hydrogen-bond acceptors (Lipinski definition) is 2. The van der Waals surface area contributed by atoms with Gasteiger partial charge in [0.1, 0.15) is 5.82 Å². The fraction of sp³-hybridized carbons (Fsp3) is 0.357. The summed E-state index contributed by atoms with van der Waals surface area (Å²) in [6.07, 6.45) is 4.46. The van der Waals surface area contributed by atoms with E-state index in [2.05, 4.69) is 25.8 Å². The highest BCUT2D eigenvalue weighted by Crippen LogP contribution is 2.23. The summed E-state index contributed by atoms with van der Waals surface area (Å²) in [6.45, 7) is 6.51. The van der Waals surface area contributed by atoms with Crippen molar-refractivity contribution in [1.82, 2.24) is 9.55 Å². The number of hydrogen-bond donors (Lipinski definition) is 1. The van der Waals surface area contributed by atoms with Gasteiger partial charge in [0.05, 0.1) is 12.0 Å². The van der Waals surface area contributed by atoms with Crippen LogP contribution in [-0.2, 0) is 6.42 Å². The van der Waals surface area contributed by atoms with Crippen molar-refractivity contribution in [3.63, 3.8) is 0 Å². The summed E-state index contributed by atoms with van der Waals surface area (Å²) < 4.78 is 15.1. The average molecular weight is 247 g/mol. The molecule has 0 spiro atoms. The molecule has 1 aromatic carbocycles. The monoisotopic (exact) mass is 247 g/mol. The Hall–Kier alpha value is -1.84. The van der Waals surface area contributed by atoms with Gasteiger partial charge in [0.2, 0.25) is 0 Å². The Balaban J connectivity index is 2.39. The Labute approximate surface area is 106 Å². The summed E-state index contributed by atoms with van der Waals surface area (Å²) in [6, 6.07) is 4.72. The lowest BCUT2D eigenvalue weighted by atomic mass is 9.91. The summed E-state index contributed by atoms with van der Waals surface area (Å²) in [7, 11) is 0. The van der Waals surface area contributed by atoms with E-state index in [4.69, 9.17) is 5.73 Å². The zero-order valence-corrected chi connectivity index (χ0v) is 10.9. The molecule has 0 fully saturated rings. The molecule has 0 aliphatic carbocycles. The van der Waals surface area contributed by atoms with Crippen LogP contribution in [0.25, 0.3) is 5.69 Å². The molecular weight excluding hydrogens is 229 g/mol. The van der Waals surface area contributed by atoms with Gasteiger partial charge in [0, 0.05) is 17.6 Å². The molecule has 2 aromatic rings. The maximum Gasteiger partial charge on any atom is 0.146 e. The van der Waals surface area contributed by atoms with E-state index in [-0.39, 0.29) is 11.1 Å². The molecule has 1 heterocycles. The van der Waals surface area contributed by atoms with Crippen molar-refractivity contribution in [3.05, 3.63) is 42.2 Å². The van der Waals surface area contributed by atoms with Gasteiger partial charge in [-0.1, -0.05) is 20.8 Å². The largest absolute Gasteiger partial charge is 0.396 e. The molecule has 0 amide bonds. The van der Waals surface area contributed by atoms with Gasteiger partial charge in [0.15, 0.2) is 0 Å². The first kappa shape index (κ1) is 12.6. The molecule has 3 nitrogen and oxygen atoms in total. The molecule has 2 N–H and O–H groups in total. The van der Waals surface area contributed by atoms with Gasteiger partial charge < -0.3 is 10.3 Å². The molecule has 96 valence electrons. The number of rotatable bonds is 2. The lowest BCUT2D eigenvalue weighted by molar-refractivity contribution is 0.404. The predicted octanol–water partition coefficient (Wildman–Crippen LogP) is 3.18. The molecule has 0 unspecified atom stereocenters. The second-order valence-electron chi connectivity index (χ2n) is 5.70. The van der Waals surface area contributed by atoms with Gasteiger partial charge in [-0.3, -0.25) is 0 Å². The van der Waals surface area contributed by atoms with Crippen LogP contribution >= 0.6 is 0 Å². The molecule has 2 rings (SSSR count). The van der Waals surface area contributed by atoms with Gasteiger partial charge in [0.25, 0.3) is 0 Å². The molecule has 0 aliphatic rings. The number of nitrogen functional groups attached to an aromatic ring is 1. The molecule has 1 aromatic heterocycles. The molecule has 0 aliphatic heterocycles. The Morgan fingerprint density at radius 2 is 2.06 bits per heavy atom. The van der Waals surface area contributed by atoms with E-state index >= 15 is 0 Å². The fourth-order valence-electron chi connectivity index (χ4n) is 1.91. The van der Waals surface area contributed by atoms with Crippen molar-refractivity contribution in [2.24, 2.45) is 5.41 Å². The highest BCUT2D eigenvalue weighted by atomic mass is 19.1. The second-order valence-corrected chi connectivity index (χ2v) is 5.70. The summed E-state index contributed by atoms with van der Waals surface area (Å²) in [5.74, 6) is -0.392. The molecule has 18 heavy (non-hydrogen) atoms. The maximum atomic E-state index is 13.2. The van der Waals surface area contributed by atoms with Crippen LogP contribution < -0.4 is 5.73 Å². The van der Waals surface area contributed by atoms with E-state index in [1.807, 2.05) is 10.8 Å². The Morgan fingerprint density at radius 1 is 1.33 bits per heavy atom. The number of benzene rings is 1. The molecule has 0 saturated carbocycles. The highest BCUT2D eigenvalue weighted by molar-refractivity contribution is 5.49. The van der Waals surface area contributed by atoms with Crippen LogP contribution in [0.4, 0.5) is 10.1 Å². The van der Waals surface area contributed by atoms with Gasteiger partial charge in [-0.05, 0) is 30.0 Å². The lowest BCUT2D eigenvalue weighted by Crippen LogP contribution is -2.12. The van der Waals surface area contributed by atoms with Gasteiger partial charge in [-0.15, -0.1) is 0 Å². The fourth-order valence-corrected chi connectivity index (χ4v) is 1.91. The lowest BCUT2D eigenvalue weighted by Gasteiger charge is -2.19. The Kier molecular flexibility index (Phi) is 3.11. The van der Waals surface area contributed by atoms with Gasteiger partial charge in [-0.25, -0.2) is 9.37 Å². The third-order valence-corrected chi connectivity index (χ3v) is 2.68. The first-order valence-electron chi connectivity index (χ1n) is 5.93. The minimum atomic E-state index is -0.392. The summed E-state index contributed by atoms with van der Waals surface area (Å²) >= 11 is 0. The first-order chi connectivity index (χ1) is 8.37. The molecule has 0 saturated heterocycles. The highest BCUT2D eigenvalue weighted by Gasteiger charge is 2.15. The van der Waals surface area contributed by atoms with Crippen molar-refractivity contribution < 1.29 is 4.39 Å². The predicted molar refractivity (Wildman–Crippen MR) is 71.1 cm³/mol. The smallest absolute Gasteiger partial charge is 0.146 e. The second kappa shape index (κ2) is 4.44. The van der Waals surface area contributed by atoms with Crippen molar-refractivity contribution in [1.29, 1.82) is 0 Å². The number of nitrogens with zero attached hydrogens (tertiary/aromatic N) is 2. The van der Waals surface area contributed by atoms with Crippen molar-refractivity contribution >= 4 is 5.69 Å². The SMILES string of the molecule is CC(C)(C)Cc1cncn1-c1ccc(F)c(N)c1. The Morgan fingerprint density at radius 3 is 2.67 bits per heavy atom. The quantitative estimate of drug-likeness (QED) is 0.828. The summed E-state index contributed by atoms with van der Waals surface area (Å²) in [5, 5.41) is 0. The van der Waals surface area contributed by atoms with Crippen LogP contribution in [0, 0.1) is 11.2 Å². The van der Waals surface area contributed by atoms with Crippen molar-refractivity contribution in [2.75, 3.05) is 5.73 Å². The van der Waals surface area contributed by atoms with E-state index in [9.17, 15) is 4.39 Å². The van der Waals surface area contributed by atoms with E-state index in [1.54, 1.807) is 18.5 Å². The molecule has 0 bridgehead atoms. The third kappa shape index (κ3) is 2.70. The minimum absolute atomic E-state index is 0.155. The van der Waals surface area contributed by atoms with Crippen LogP contribution in [0.15, 0.2) is 30.7 Å². The zero-order valence-electron chi connectivity index (χ0n) is 10.9. The van der Waals surface area contributed by atoms with Crippen molar-refractivity contribution in [3.8, 4) is 5.69 Å². The molecule has 0 atom stereocenters. The third-order valence-electron chi connectivity index (χ3n) is 2.68. The molecule has 4 heteroatoms. The van der Waals surface area contributed by atoms with Gasteiger partial charge in [-0.2, -0.15) is 0 Å². The number of nitrogens with two attached hydrogens (primary N) is 1. The number of halogens is 1. The maximum absolute atomic E-state index is 13.2. The summed E-state index contributed by atoms with van der Waals surface area (Å²) in [5.41, 5.74) is 7.85. The van der Waals surface area contributed by atoms with Crippen LogP contribution in [0.3, 0.4) is 0 Å². The minimum Gasteiger partial charge on any atom is -0.396 e. The molecule has 0 radical (unpaired) electrons. The summed E-state index contributed by atoms with van der Waals surface area (Å²) in [4.78, 5) is 4.16. The average Bonchev–Trinajstić information content (AvgIpc) is 2.67. The number of anilines is 1. The van der Waals surface area contributed by atoms with E-state index in [1.165, 1.54) is 6.07 Å². The normalized spacial score (nSPS) is 11.8. The van der Waals surface area contributed by atoms with Crippen LogP contribution in [-0.4, -0.2) is 9.55 Å². The zero-order chi connectivity index (χ0) is 13.3. The van der Waals surface area contributed by atoms with E-state index in [0.29, 0.717) is 0 Å². The number of imidazole rings is 1. The topological polar surface area (TPSA) is 43.8 Å². The van der Waals surface area contributed by atoms with E-state index in [0.717, 1.165) is 17.8 Å². The number of aromatic nitrogens is 2. The van der Waals surface area contributed by atoms with Crippen LogP contribution in [0.1, 0.15) is 26.5 Å². The van der Waals surface area contributed by atoms with Crippen LogP contribution in [0.5, 0.6) is 0 Å². The van der Waals surface area contributed by atoms with Crippen molar-refractivity contribution in [2.45, 2.75) is 27.2 Å². The standard InChI is InChI=1S/C14H18FN3/c1-14(2,3)7-11-8-17-9-18(11)10-4-5-12(15)13(16)6-10/h4-6,8-9H,7,16H2,1-3H3.